The van der Waals surface area contributed by atoms with Crippen LogP contribution in [0.3, 0.4) is 0 Å². The van der Waals surface area contributed by atoms with Gasteiger partial charge in [0.25, 0.3) is 0 Å². The summed E-state index contributed by atoms with van der Waals surface area (Å²) in [6.45, 7) is 0. The molecule has 2 atom stereocenters. The number of benzene rings is 1. The Morgan fingerprint density at radius 2 is 1.86 bits per heavy atom. The first-order chi connectivity index (χ1) is 10.2. The van der Waals surface area contributed by atoms with Gasteiger partial charge in [-0.2, -0.15) is 0 Å². The third-order valence-electron chi connectivity index (χ3n) is 4.37. The highest BCUT2D eigenvalue weighted by Crippen LogP contribution is 2.41. The van der Waals surface area contributed by atoms with Crippen LogP contribution in [-0.4, -0.2) is 37.1 Å². The summed E-state index contributed by atoms with van der Waals surface area (Å²) in [5.74, 6) is 1.59. The molecule has 2 N–H and O–H groups in total. The summed E-state index contributed by atoms with van der Waals surface area (Å²) in [6, 6.07) is 6.09. The molecule has 2 unspecified atom stereocenters. The van der Waals surface area contributed by atoms with Gasteiger partial charge in [0.2, 0.25) is 5.91 Å². The molecule has 5 heteroatoms. The lowest BCUT2D eigenvalue weighted by Crippen LogP contribution is -2.49. The third-order valence-corrected chi connectivity index (χ3v) is 4.37. The first kappa shape index (κ1) is 14.2. The van der Waals surface area contributed by atoms with Crippen molar-refractivity contribution < 1.29 is 14.3 Å². The van der Waals surface area contributed by atoms with E-state index in [0.29, 0.717) is 24.0 Å². The first-order valence-electron chi connectivity index (χ1n) is 7.44. The number of likely N-dealkylation sites (tertiary alicyclic amines) is 1. The van der Waals surface area contributed by atoms with Crippen LogP contribution in [-0.2, 0) is 4.79 Å². The molecule has 1 aliphatic carbocycles. The summed E-state index contributed by atoms with van der Waals surface area (Å²) in [5, 5.41) is 0. The number of amides is 1. The Balaban J connectivity index is 1.97. The summed E-state index contributed by atoms with van der Waals surface area (Å²) in [6.07, 6.45) is 3.47. The molecule has 21 heavy (non-hydrogen) atoms. The number of ether oxygens (including phenoxy) is 2. The number of hydrogen-bond donors (Lipinski definition) is 1. The molecule has 0 spiro atoms. The molecule has 2 fully saturated rings. The maximum Gasteiger partial charge on any atom is 0.223 e. The standard InChI is InChI=1S/C16H22N2O3/c1-20-13-7-3-10(9-14(13)21-2)16-12(17)6-8-15(19)18(16)11-4-5-11/h3,7,9,11-12,16H,4-6,8,17H2,1-2H3. The molecule has 114 valence electrons. The molecule has 0 aromatic heterocycles. The minimum absolute atomic E-state index is 0.0265. The van der Waals surface area contributed by atoms with Crippen molar-refractivity contribution in [1.82, 2.24) is 4.90 Å². The van der Waals surface area contributed by atoms with E-state index in [1.54, 1.807) is 14.2 Å². The van der Waals surface area contributed by atoms with E-state index >= 15 is 0 Å². The molecule has 1 aromatic carbocycles. The molecule has 3 rings (SSSR count). The average Bonchev–Trinajstić information content (AvgIpc) is 3.33. The van der Waals surface area contributed by atoms with Gasteiger partial charge in [0.1, 0.15) is 0 Å². The number of methoxy groups -OCH3 is 2. The normalized spacial score (nSPS) is 25.9. The smallest absolute Gasteiger partial charge is 0.223 e. The molecule has 0 radical (unpaired) electrons. The maximum atomic E-state index is 12.3. The quantitative estimate of drug-likeness (QED) is 0.919. The number of rotatable bonds is 4. The molecular formula is C16H22N2O3. The topological polar surface area (TPSA) is 64.8 Å². The van der Waals surface area contributed by atoms with Gasteiger partial charge in [-0.15, -0.1) is 0 Å². The Hall–Kier alpha value is -1.75. The predicted octanol–water partition coefficient (Wildman–Crippen LogP) is 1.86. The van der Waals surface area contributed by atoms with Crippen molar-refractivity contribution in [3.8, 4) is 11.5 Å². The number of carbonyl (C=O) groups excluding carboxylic acids is 1. The van der Waals surface area contributed by atoms with E-state index < -0.39 is 0 Å². The number of hydrogen-bond acceptors (Lipinski definition) is 4. The van der Waals surface area contributed by atoms with Crippen LogP contribution in [0.25, 0.3) is 0 Å². The molecule has 1 saturated heterocycles. The summed E-state index contributed by atoms with van der Waals surface area (Å²) < 4.78 is 10.6. The van der Waals surface area contributed by atoms with E-state index in [1.165, 1.54) is 0 Å². The van der Waals surface area contributed by atoms with Crippen LogP contribution < -0.4 is 15.2 Å². The minimum Gasteiger partial charge on any atom is -0.493 e. The van der Waals surface area contributed by atoms with E-state index in [9.17, 15) is 4.79 Å². The zero-order valence-corrected chi connectivity index (χ0v) is 12.5. The van der Waals surface area contributed by atoms with Gasteiger partial charge in [-0.05, 0) is 37.0 Å². The second-order valence-corrected chi connectivity index (χ2v) is 5.79. The lowest BCUT2D eigenvalue weighted by Gasteiger charge is -2.40. The Morgan fingerprint density at radius 1 is 1.14 bits per heavy atom. The van der Waals surface area contributed by atoms with Gasteiger partial charge in [-0.1, -0.05) is 6.07 Å². The largest absolute Gasteiger partial charge is 0.493 e. The van der Waals surface area contributed by atoms with Gasteiger partial charge in [0.05, 0.1) is 20.3 Å². The Morgan fingerprint density at radius 3 is 2.48 bits per heavy atom. The van der Waals surface area contributed by atoms with Gasteiger partial charge >= 0.3 is 0 Å². The van der Waals surface area contributed by atoms with Crippen molar-refractivity contribution in [2.24, 2.45) is 5.73 Å². The van der Waals surface area contributed by atoms with E-state index in [4.69, 9.17) is 15.2 Å². The van der Waals surface area contributed by atoms with Crippen molar-refractivity contribution in [3.63, 3.8) is 0 Å². The first-order valence-corrected chi connectivity index (χ1v) is 7.44. The van der Waals surface area contributed by atoms with Crippen LogP contribution in [0.1, 0.15) is 37.3 Å². The summed E-state index contributed by atoms with van der Waals surface area (Å²) in [7, 11) is 3.23. The van der Waals surface area contributed by atoms with Crippen LogP contribution in [0.15, 0.2) is 18.2 Å². The molecule has 5 nitrogen and oxygen atoms in total. The van der Waals surface area contributed by atoms with E-state index in [1.807, 2.05) is 23.1 Å². The van der Waals surface area contributed by atoms with E-state index in [-0.39, 0.29) is 18.0 Å². The average molecular weight is 290 g/mol. The molecule has 1 aliphatic heterocycles. The minimum atomic E-state index is -0.0569. The van der Waals surface area contributed by atoms with Crippen molar-refractivity contribution in [1.29, 1.82) is 0 Å². The third kappa shape index (κ3) is 2.58. The fourth-order valence-electron chi connectivity index (χ4n) is 3.17. The van der Waals surface area contributed by atoms with Gasteiger partial charge in [0, 0.05) is 18.5 Å². The fourth-order valence-corrected chi connectivity index (χ4v) is 3.17. The van der Waals surface area contributed by atoms with Gasteiger partial charge in [-0.25, -0.2) is 0 Å². The number of piperidine rings is 1. The zero-order chi connectivity index (χ0) is 15.0. The fraction of sp³-hybridized carbons (Fsp3) is 0.562. The lowest BCUT2D eigenvalue weighted by molar-refractivity contribution is -0.138. The lowest BCUT2D eigenvalue weighted by atomic mass is 9.90. The highest BCUT2D eigenvalue weighted by molar-refractivity contribution is 5.78. The Labute approximate surface area is 125 Å². The Bertz CT molecular complexity index is 542. The highest BCUT2D eigenvalue weighted by atomic mass is 16.5. The zero-order valence-electron chi connectivity index (χ0n) is 12.5. The van der Waals surface area contributed by atoms with Crippen LogP contribution in [0.5, 0.6) is 11.5 Å². The van der Waals surface area contributed by atoms with E-state index in [2.05, 4.69) is 0 Å². The highest BCUT2D eigenvalue weighted by Gasteiger charge is 2.43. The number of nitrogens with zero attached hydrogens (tertiary/aromatic N) is 1. The summed E-state index contributed by atoms with van der Waals surface area (Å²) >= 11 is 0. The van der Waals surface area contributed by atoms with Crippen LogP contribution >= 0.6 is 0 Å². The van der Waals surface area contributed by atoms with Crippen molar-refractivity contribution in [2.75, 3.05) is 14.2 Å². The van der Waals surface area contributed by atoms with E-state index in [0.717, 1.165) is 24.8 Å². The monoisotopic (exact) mass is 290 g/mol. The second-order valence-electron chi connectivity index (χ2n) is 5.79. The molecule has 1 saturated carbocycles. The summed E-state index contributed by atoms with van der Waals surface area (Å²) in [5.41, 5.74) is 7.35. The SMILES string of the molecule is COc1ccc(C2C(N)CCC(=O)N2C2CC2)cc1OC. The van der Waals surface area contributed by atoms with Gasteiger partial charge in [0.15, 0.2) is 11.5 Å². The molecular weight excluding hydrogens is 268 g/mol. The molecule has 1 aromatic rings. The van der Waals surface area contributed by atoms with Gasteiger partial charge < -0.3 is 20.1 Å². The molecule has 2 aliphatic rings. The van der Waals surface area contributed by atoms with Crippen LogP contribution in [0.2, 0.25) is 0 Å². The molecule has 1 amide bonds. The maximum absolute atomic E-state index is 12.3. The van der Waals surface area contributed by atoms with Crippen molar-refractivity contribution in [2.45, 2.75) is 43.8 Å². The Kier molecular flexibility index (Phi) is 3.76. The number of nitrogens with two attached hydrogens (primary N) is 1. The molecule has 1 heterocycles. The summed E-state index contributed by atoms with van der Waals surface area (Å²) in [4.78, 5) is 14.3. The second kappa shape index (κ2) is 5.56. The van der Waals surface area contributed by atoms with Crippen molar-refractivity contribution in [3.05, 3.63) is 23.8 Å². The predicted molar refractivity (Wildman–Crippen MR) is 79.4 cm³/mol. The van der Waals surface area contributed by atoms with Crippen LogP contribution in [0, 0.1) is 0 Å². The van der Waals surface area contributed by atoms with Crippen LogP contribution in [0.4, 0.5) is 0 Å². The molecule has 0 bridgehead atoms. The van der Waals surface area contributed by atoms with Gasteiger partial charge in [-0.3, -0.25) is 4.79 Å². The van der Waals surface area contributed by atoms with Crippen molar-refractivity contribution >= 4 is 5.91 Å². The number of carbonyl (C=O) groups is 1.